The third-order valence-electron chi connectivity index (χ3n) is 5.87. The number of nitrogens with two attached hydrogens (primary N) is 1. The molecule has 2 amide bonds. The van der Waals surface area contributed by atoms with Crippen LogP contribution >= 0.6 is 0 Å². The molecule has 2 aromatic carbocycles. The molecule has 0 spiro atoms. The molecule has 0 bridgehead atoms. The summed E-state index contributed by atoms with van der Waals surface area (Å²) in [5, 5.41) is 2.93. The standard InChI is InChI=1S/C23H29N3O4S/c1-16-6-7-21(14-17(16)2)31(29,30)26-12-9-19(10-13-26)23(28)25-11-8-18-4-3-5-20(15-18)22(24)27/h3-7,14-15,19H,8-13H2,1-2H3,(H2,24,27)(H,25,28). The maximum atomic E-state index is 12.9. The summed E-state index contributed by atoms with van der Waals surface area (Å²) >= 11 is 0. The van der Waals surface area contributed by atoms with Crippen LogP contribution in [-0.4, -0.2) is 44.2 Å². The molecule has 1 aliphatic heterocycles. The Morgan fingerprint density at radius 3 is 2.42 bits per heavy atom. The highest BCUT2D eigenvalue weighted by Gasteiger charge is 2.32. The Bertz CT molecular complexity index is 1070. The summed E-state index contributed by atoms with van der Waals surface area (Å²) in [4.78, 5) is 24.1. The lowest BCUT2D eigenvalue weighted by Crippen LogP contribution is -2.43. The number of amides is 2. The molecule has 166 valence electrons. The van der Waals surface area contributed by atoms with Gasteiger partial charge in [-0.2, -0.15) is 4.31 Å². The molecule has 0 aliphatic carbocycles. The van der Waals surface area contributed by atoms with Crippen molar-refractivity contribution >= 4 is 21.8 Å². The summed E-state index contributed by atoms with van der Waals surface area (Å²) in [6.07, 6.45) is 1.58. The first-order valence-electron chi connectivity index (χ1n) is 10.4. The van der Waals surface area contributed by atoms with E-state index in [1.165, 1.54) is 4.31 Å². The molecule has 1 fully saturated rings. The molecule has 1 heterocycles. The number of hydrogen-bond donors (Lipinski definition) is 2. The zero-order chi connectivity index (χ0) is 22.6. The maximum absolute atomic E-state index is 12.9. The molecule has 1 aliphatic rings. The van der Waals surface area contributed by atoms with E-state index in [0.29, 0.717) is 49.4 Å². The molecule has 0 aromatic heterocycles. The van der Waals surface area contributed by atoms with Gasteiger partial charge in [0.25, 0.3) is 0 Å². The van der Waals surface area contributed by atoms with Crippen molar-refractivity contribution in [3.63, 3.8) is 0 Å². The van der Waals surface area contributed by atoms with E-state index in [2.05, 4.69) is 5.32 Å². The monoisotopic (exact) mass is 443 g/mol. The van der Waals surface area contributed by atoms with Crippen molar-refractivity contribution in [1.29, 1.82) is 0 Å². The van der Waals surface area contributed by atoms with Crippen molar-refractivity contribution in [3.05, 3.63) is 64.7 Å². The van der Waals surface area contributed by atoms with Crippen molar-refractivity contribution < 1.29 is 18.0 Å². The molecule has 1 saturated heterocycles. The Morgan fingerprint density at radius 2 is 1.77 bits per heavy atom. The van der Waals surface area contributed by atoms with Gasteiger partial charge in [0.1, 0.15) is 0 Å². The number of benzene rings is 2. The molecule has 0 saturated carbocycles. The third kappa shape index (κ3) is 5.51. The number of sulfonamides is 1. The van der Waals surface area contributed by atoms with E-state index in [0.717, 1.165) is 16.7 Å². The number of hydrogen-bond acceptors (Lipinski definition) is 4. The first-order chi connectivity index (χ1) is 14.7. The van der Waals surface area contributed by atoms with Crippen molar-refractivity contribution in [1.82, 2.24) is 9.62 Å². The summed E-state index contributed by atoms with van der Waals surface area (Å²) < 4.78 is 27.3. The van der Waals surface area contributed by atoms with Crippen molar-refractivity contribution in [2.24, 2.45) is 11.7 Å². The zero-order valence-electron chi connectivity index (χ0n) is 17.9. The predicted molar refractivity (Wildman–Crippen MR) is 119 cm³/mol. The highest BCUT2D eigenvalue weighted by atomic mass is 32.2. The quantitative estimate of drug-likeness (QED) is 0.683. The van der Waals surface area contributed by atoms with E-state index in [4.69, 9.17) is 5.73 Å². The number of aryl methyl sites for hydroxylation is 2. The summed E-state index contributed by atoms with van der Waals surface area (Å²) in [5.41, 5.74) is 8.65. The van der Waals surface area contributed by atoms with Crippen molar-refractivity contribution in [2.75, 3.05) is 19.6 Å². The van der Waals surface area contributed by atoms with E-state index in [9.17, 15) is 18.0 Å². The zero-order valence-corrected chi connectivity index (χ0v) is 18.7. The lowest BCUT2D eigenvalue weighted by molar-refractivity contribution is -0.126. The SMILES string of the molecule is Cc1ccc(S(=O)(=O)N2CCC(C(=O)NCCc3cccc(C(N)=O)c3)CC2)cc1C. The fraction of sp³-hybridized carbons (Fsp3) is 0.391. The number of carbonyl (C=O) groups is 2. The van der Waals surface area contributed by atoms with E-state index in [-0.39, 0.29) is 11.8 Å². The Hall–Kier alpha value is -2.71. The molecular formula is C23H29N3O4S. The predicted octanol–water partition coefficient (Wildman–Crippen LogP) is 2.16. The van der Waals surface area contributed by atoms with Crippen LogP contribution in [0.15, 0.2) is 47.4 Å². The van der Waals surface area contributed by atoms with Crippen LogP contribution in [0.25, 0.3) is 0 Å². The minimum absolute atomic E-state index is 0.0608. The largest absolute Gasteiger partial charge is 0.366 e. The molecule has 0 atom stereocenters. The Balaban J connectivity index is 1.51. The van der Waals surface area contributed by atoms with Crippen LogP contribution in [0.2, 0.25) is 0 Å². The molecule has 7 nitrogen and oxygen atoms in total. The highest BCUT2D eigenvalue weighted by Crippen LogP contribution is 2.25. The van der Waals surface area contributed by atoms with Crippen LogP contribution in [0.3, 0.4) is 0 Å². The van der Waals surface area contributed by atoms with Crippen LogP contribution < -0.4 is 11.1 Å². The summed E-state index contributed by atoms with van der Waals surface area (Å²) in [7, 11) is -3.55. The summed E-state index contributed by atoms with van der Waals surface area (Å²) in [6, 6.07) is 12.2. The van der Waals surface area contributed by atoms with Crippen LogP contribution in [-0.2, 0) is 21.2 Å². The summed E-state index contributed by atoms with van der Waals surface area (Å²) in [5.74, 6) is -0.745. The van der Waals surface area contributed by atoms with Crippen LogP contribution in [0.1, 0.15) is 39.9 Å². The Labute approximate surface area is 183 Å². The molecule has 2 aromatic rings. The fourth-order valence-electron chi connectivity index (χ4n) is 3.74. The lowest BCUT2D eigenvalue weighted by atomic mass is 9.97. The van der Waals surface area contributed by atoms with E-state index < -0.39 is 15.9 Å². The third-order valence-corrected chi connectivity index (χ3v) is 7.76. The highest BCUT2D eigenvalue weighted by molar-refractivity contribution is 7.89. The molecule has 8 heteroatoms. The minimum atomic E-state index is -3.55. The van der Waals surface area contributed by atoms with E-state index in [1.54, 1.807) is 30.3 Å². The van der Waals surface area contributed by atoms with E-state index in [1.807, 2.05) is 26.0 Å². The molecular weight excluding hydrogens is 414 g/mol. The summed E-state index contributed by atoms with van der Waals surface area (Å²) in [6.45, 7) is 4.95. The van der Waals surface area contributed by atoms with Crippen LogP contribution in [0.4, 0.5) is 0 Å². The molecule has 0 radical (unpaired) electrons. The van der Waals surface area contributed by atoms with Gasteiger partial charge in [-0.05, 0) is 74.1 Å². The molecule has 31 heavy (non-hydrogen) atoms. The van der Waals surface area contributed by atoms with E-state index >= 15 is 0 Å². The number of carbonyl (C=O) groups excluding carboxylic acids is 2. The van der Waals surface area contributed by atoms with Gasteiger partial charge in [0.15, 0.2) is 0 Å². The van der Waals surface area contributed by atoms with Gasteiger partial charge in [-0.15, -0.1) is 0 Å². The smallest absolute Gasteiger partial charge is 0.248 e. The first kappa shape index (κ1) is 23.0. The Kier molecular flexibility index (Phi) is 7.12. The van der Waals surface area contributed by atoms with Gasteiger partial charge in [-0.1, -0.05) is 18.2 Å². The molecule has 3 rings (SSSR count). The number of rotatable bonds is 7. The van der Waals surface area contributed by atoms with Crippen LogP contribution in [0.5, 0.6) is 0 Å². The second-order valence-electron chi connectivity index (χ2n) is 8.03. The van der Waals surface area contributed by atoms with Gasteiger partial charge in [0.2, 0.25) is 21.8 Å². The second kappa shape index (κ2) is 9.62. The van der Waals surface area contributed by atoms with Gasteiger partial charge in [-0.25, -0.2) is 8.42 Å². The average molecular weight is 444 g/mol. The van der Waals surface area contributed by atoms with Crippen molar-refractivity contribution in [3.8, 4) is 0 Å². The second-order valence-corrected chi connectivity index (χ2v) is 9.97. The first-order valence-corrected chi connectivity index (χ1v) is 11.9. The molecule has 0 unspecified atom stereocenters. The normalized spacial score (nSPS) is 15.5. The van der Waals surface area contributed by atoms with Gasteiger partial charge in [0, 0.05) is 31.1 Å². The number of nitrogens with one attached hydrogen (secondary N) is 1. The topological polar surface area (TPSA) is 110 Å². The Morgan fingerprint density at radius 1 is 1.06 bits per heavy atom. The number of nitrogens with zero attached hydrogens (tertiary/aromatic N) is 1. The minimum Gasteiger partial charge on any atom is -0.366 e. The molecule has 3 N–H and O–H groups in total. The van der Waals surface area contributed by atoms with Gasteiger partial charge < -0.3 is 11.1 Å². The lowest BCUT2D eigenvalue weighted by Gasteiger charge is -2.30. The van der Waals surface area contributed by atoms with Crippen LogP contribution in [0, 0.1) is 19.8 Å². The average Bonchev–Trinajstić information content (AvgIpc) is 2.75. The van der Waals surface area contributed by atoms with Gasteiger partial charge in [0.05, 0.1) is 4.90 Å². The maximum Gasteiger partial charge on any atom is 0.248 e. The number of piperidine rings is 1. The van der Waals surface area contributed by atoms with Gasteiger partial charge >= 0.3 is 0 Å². The van der Waals surface area contributed by atoms with Gasteiger partial charge in [-0.3, -0.25) is 9.59 Å². The number of primary amides is 1. The van der Waals surface area contributed by atoms with Crippen molar-refractivity contribution in [2.45, 2.75) is 38.0 Å². The fourth-order valence-corrected chi connectivity index (χ4v) is 5.29.